The molecule has 0 heterocycles. The summed E-state index contributed by atoms with van der Waals surface area (Å²) in [7, 11) is -0.936. The second kappa shape index (κ2) is 9.96. The van der Waals surface area contributed by atoms with E-state index in [1.54, 1.807) is 14.1 Å². The molecule has 0 aromatic heterocycles. The smallest absolute Gasteiger partial charge is 0.462 e. The number of ether oxygens (including phenoxy) is 2. The normalized spacial score (nSPS) is 15.6. The Labute approximate surface area is 135 Å². The summed E-state index contributed by atoms with van der Waals surface area (Å²) in [6.07, 6.45) is -1.02. The van der Waals surface area contributed by atoms with Crippen LogP contribution in [0.4, 0.5) is 0 Å². The first-order valence-corrected chi connectivity index (χ1v) is 8.32. The van der Waals surface area contributed by atoms with E-state index in [-0.39, 0.29) is 31.0 Å². The Bertz CT molecular complexity index is 440. The molecule has 0 saturated heterocycles. The van der Waals surface area contributed by atoms with Gasteiger partial charge in [0.05, 0.1) is 20.7 Å². The van der Waals surface area contributed by atoms with Gasteiger partial charge in [0.1, 0.15) is 19.8 Å². The van der Waals surface area contributed by atoms with Crippen molar-refractivity contribution in [3.05, 3.63) is 0 Å². The predicted octanol–water partition coefficient (Wildman–Crippen LogP) is -0.359. The number of hydrogen-bond acceptors (Lipinski definition) is 8. The maximum absolute atomic E-state index is 11.7. The van der Waals surface area contributed by atoms with Crippen LogP contribution in [0.25, 0.3) is 0 Å². The Morgan fingerprint density at radius 2 is 1.74 bits per heavy atom. The number of likely N-dealkylation sites (N-methyl/N-ethyl adjacent to an activating group) is 1. The highest BCUT2D eigenvalue weighted by Gasteiger charge is 2.26. The standard InChI is InChI=1S/C12H24NO9P/c1-10(15)19-7-12(22-11(2)16)8-21-23(17,18)20-6-5-13(3,4)9-14/h12,14H,5-9H2,1-4H3/p+1/t12-/m1/s1. The second-order valence-corrected chi connectivity index (χ2v) is 6.89. The molecule has 0 aromatic rings. The Morgan fingerprint density at radius 1 is 1.13 bits per heavy atom. The van der Waals surface area contributed by atoms with E-state index in [4.69, 9.17) is 18.9 Å². The minimum atomic E-state index is -4.36. The van der Waals surface area contributed by atoms with Gasteiger partial charge in [0.2, 0.25) is 0 Å². The molecule has 0 radical (unpaired) electrons. The second-order valence-electron chi connectivity index (χ2n) is 5.43. The van der Waals surface area contributed by atoms with Crippen LogP contribution in [0.15, 0.2) is 0 Å². The fraction of sp³-hybridized carbons (Fsp3) is 0.833. The molecule has 2 N–H and O–H groups in total. The summed E-state index contributed by atoms with van der Waals surface area (Å²) in [5, 5.41) is 9.05. The number of aliphatic hydroxyl groups excluding tert-OH is 1. The first-order chi connectivity index (χ1) is 10.5. The Hall–Kier alpha value is -1.03. The van der Waals surface area contributed by atoms with E-state index in [2.05, 4.69) is 4.74 Å². The number of phosphoric acid groups is 1. The van der Waals surface area contributed by atoms with Crippen molar-refractivity contribution >= 4 is 19.8 Å². The molecule has 136 valence electrons. The van der Waals surface area contributed by atoms with Gasteiger partial charge in [-0.25, -0.2) is 4.57 Å². The van der Waals surface area contributed by atoms with E-state index in [0.717, 1.165) is 6.92 Å². The van der Waals surface area contributed by atoms with Crippen LogP contribution in [-0.4, -0.2) is 79.7 Å². The summed E-state index contributed by atoms with van der Waals surface area (Å²) in [5.41, 5.74) is 0. The van der Waals surface area contributed by atoms with Crippen LogP contribution >= 0.6 is 7.82 Å². The Balaban J connectivity index is 4.35. The summed E-state index contributed by atoms with van der Waals surface area (Å²) in [6, 6.07) is 0. The average molecular weight is 358 g/mol. The van der Waals surface area contributed by atoms with Crippen LogP contribution < -0.4 is 0 Å². The van der Waals surface area contributed by atoms with E-state index in [1.807, 2.05) is 0 Å². The van der Waals surface area contributed by atoms with Crippen molar-refractivity contribution in [3.63, 3.8) is 0 Å². The summed E-state index contributed by atoms with van der Waals surface area (Å²) < 4.78 is 30.9. The molecule has 10 nitrogen and oxygen atoms in total. The maximum Gasteiger partial charge on any atom is 0.472 e. The van der Waals surface area contributed by atoms with Gasteiger partial charge in [-0.2, -0.15) is 0 Å². The van der Waals surface area contributed by atoms with Crippen LogP contribution in [0.1, 0.15) is 13.8 Å². The molecular weight excluding hydrogens is 333 g/mol. The van der Waals surface area contributed by atoms with E-state index < -0.39 is 32.5 Å². The van der Waals surface area contributed by atoms with Crippen LogP contribution in [0, 0.1) is 0 Å². The number of quaternary nitrogens is 1. The van der Waals surface area contributed by atoms with E-state index >= 15 is 0 Å². The van der Waals surface area contributed by atoms with Gasteiger partial charge < -0.3 is 24.0 Å². The largest absolute Gasteiger partial charge is 0.472 e. The molecule has 1 unspecified atom stereocenters. The number of hydrogen-bond donors (Lipinski definition) is 2. The van der Waals surface area contributed by atoms with E-state index in [1.165, 1.54) is 6.92 Å². The van der Waals surface area contributed by atoms with Gasteiger partial charge in [0.25, 0.3) is 0 Å². The SMILES string of the molecule is CC(=O)OC[C@H](COP(=O)(O)OCC[N+](C)(C)CO)OC(C)=O. The lowest BCUT2D eigenvalue weighted by Gasteiger charge is -2.26. The monoisotopic (exact) mass is 358 g/mol. The Kier molecular flexibility index (Phi) is 9.52. The third kappa shape index (κ3) is 12.1. The minimum absolute atomic E-state index is 0.122. The third-order valence-electron chi connectivity index (χ3n) is 2.56. The molecule has 0 aromatic carbocycles. The molecule has 0 aliphatic carbocycles. The van der Waals surface area contributed by atoms with Crippen LogP contribution in [0.2, 0.25) is 0 Å². The van der Waals surface area contributed by atoms with Crippen molar-refractivity contribution in [2.45, 2.75) is 20.0 Å². The molecule has 0 rings (SSSR count). The van der Waals surface area contributed by atoms with Gasteiger partial charge in [-0.3, -0.25) is 18.6 Å². The summed E-state index contributed by atoms with van der Waals surface area (Å²) in [5.74, 6) is -1.24. The lowest BCUT2D eigenvalue weighted by molar-refractivity contribution is -0.908. The van der Waals surface area contributed by atoms with Crippen LogP contribution in [0.3, 0.4) is 0 Å². The first kappa shape index (κ1) is 22.0. The summed E-state index contributed by atoms with van der Waals surface area (Å²) in [6.45, 7) is 1.55. The number of carbonyl (C=O) groups is 2. The van der Waals surface area contributed by atoms with Crippen molar-refractivity contribution in [1.82, 2.24) is 0 Å². The average Bonchev–Trinajstić information content (AvgIpc) is 2.41. The molecule has 0 aliphatic heterocycles. The number of phosphoric ester groups is 1. The molecule has 0 spiro atoms. The number of carbonyl (C=O) groups excluding carboxylic acids is 2. The molecule has 11 heteroatoms. The van der Waals surface area contributed by atoms with Crippen molar-refractivity contribution < 1.29 is 47.2 Å². The number of aliphatic hydroxyl groups is 1. The molecule has 0 amide bonds. The first-order valence-electron chi connectivity index (χ1n) is 6.83. The van der Waals surface area contributed by atoms with Gasteiger partial charge in [-0.05, 0) is 0 Å². The lowest BCUT2D eigenvalue weighted by atomic mass is 10.4. The summed E-state index contributed by atoms with van der Waals surface area (Å²) >= 11 is 0. The minimum Gasteiger partial charge on any atom is -0.462 e. The highest BCUT2D eigenvalue weighted by molar-refractivity contribution is 7.47. The Morgan fingerprint density at radius 3 is 2.22 bits per heavy atom. The van der Waals surface area contributed by atoms with Crippen molar-refractivity contribution in [3.8, 4) is 0 Å². The molecule has 23 heavy (non-hydrogen) atoms. The molecular formula is C12H25NO9P+. The summed E-state index contributed by atoms with van der Waals surface area (Å²) in [4.78, 5) is 31.2. The van der Waals surface area contributed by atoms with Crippen LogP contribution in [-0.2, 0) is 32.7 Å². The highest BCUT2D eigenvalue weighted by atomic mass is 31.2. The molecule has 0 fully saturated rings. The van der Waals surface area contributed by atoms with Gasteiger partial charge in [-0.1, -0.05) is 0 Å². The molecule has 0 bridgehead atoms. The predicted molar refractivity (Wildman–Crippen MR) is 78.0 cm³/mol. The topological polar surface area (TPSA) is 129 Å². The number of nitrogens with zero attached hydrogens (tertiary/aromatic N) is 1. The van der Waals surface area contributed by atoms with E-state index in [9.17, 15) is 19.0 Å². The fourth-order valence-electron chi connectivity index (χ4n) is 1.25. The fourth-order valence-corrected chi connectivity index (χ4v) is 1.99. The van der Waals surface area contributed by atoms with Gasteiger partial charge in [0.15, 0.2) is 12.8 Å². The van der Waals surface area contributed by atoms with Gasteiger partial charge in [-0.15, -0.1) is 0 Å². The van der Waals surface area contributed by atoms with Gasteiger partial charge >= 0.3 is 19.8 Å². The molecule has 0 aliphatic rings. The van der Waals surface area contributed by atoms with Gasteiger partial charge in [0, 0.05) is 13.8 Å². The molecule has 2 atom stereocenters. The van der Waals surface area contributed by atoms with E-state index in [0.29, 0.717) is 0 Å². The quantitative estimate of drug-likeness (QED) is 0.220. The zero-order chi connectivity index (χ0) is 18.1. The maximum atomic E-state index is 11.7. The van der Waals surface area contributed by atoms with Crippen LogP contribution in [0.5, 0.6) is 0 Å². The lowest BCUT2D eigenvalue weighted by Crippen LogP contribution is -2.42. The third-order valence-corrected chi connectivity index (χ3v) is 3.55. The number of rotatable bonds is 11. The van der Waals surface area contributed by atoms with Crippen molar-refractivity contribution in [2.75, 3.05) is 47.2 Å². The zero-order valence-corrected chi connectivity index (χ0v) is 14.7. The molecule has 0 saturated carbocycles. The van der Waals surface area contributed by atoms with Crippen molar-refractivity contribution in [1.29, 1.82) is 0 Å². The van der Waals surface area contributed by atoms with Crippen molar-refractivity contribution in [2.24, 2.45) is 0 Å². The highest BCUT2D eigenvalue weighted by Crippen LogP contribution is 2.43. The number of esters is 2. The zero-order valence-electron chi connectivity index (χ0n) is 13.8.